The Labute approximate surface area is 145 Å². The molecule has 130 valence electrons. The number of ether oxygens (including phenoxy) is 1. The molecule has 1 aromatic rings. The van der Waals surface area contributed by atoms with Gasteiger partial charge in [-0.2, -0.15) is 0 Å². The lowest BCUT2D eigenvalue weighted by atomic mass is 10.2. The third-order valence-corrected chi connectivity index (χ3v) is 4.54. The number of benzene rings is 1. The highest BCUT2D eigenvalue weighted by Gasteiger charge is 2.13. The van der Waals surface area contributed by atoms with Crippen molar-refractivity contribution >= 4 is 17.7 Å². The first kappa shape index (κ1) is 19.8. The molecule has 23 heavy (non-hydrogen) atoms. The quantitative estimate of drug-likeness (QED) is 0.664. The lowest BCUT2D eigenvalue weighted by molar-refractivity contribution is -0.118. The molecule has 1 rings (SSSR count). The summed E-state index contributed by atoms with van der Waals surface area (Å²) in [5.41, 5.74) is 0. The van der Waals surface area contributed by atoms with E-state index in [4.69, 9.17) is 4.74 Å². The summed E-state index contributed by atoms with van der Waals surface area (Å²) >= 11 is 1.55. The van der Waals surface area contributed by atoms with Crippen molar-refractivity contribution in [3.05, 3.63) is 24.3 Å². The minimum Gasteiger partial charge on any atom is -0.494 e. The van der Waals surface area contributed by atoms with E-state index < -0.39 is 0 Å². The zero-order chi connectivity index (χ0) is 17.2. The van der Waals surface area contributed by atoms with Crippen LogP contribution in [-0.2, 0) is 4.79 Å². The van der Waals surface area contributed by atoms with Crippen LogP contribution in [0.1, 0.15) is 34.6 Å². The Morgan fingerprint density at radius 3 is 2.30 bits per heavy atom. The first-order valence-corrected chi connectivity index (χ1v) is 9.30. The predicted octanol–water partition coefficient (Wildman–Crippen LogP) is 3.41. The Bertz CT molecular complexity index is 453. The van der Waals surface area contributed by atoms with Crippen molar-refractivity contribution in [3.8, 4) is 5.75 Å². The molecule has 0 atom stereocenters. The first-order chi connectivity index (χ1) is 10.9. The number of thioether (sulfide) groups is 1. The van der Waals surface area contributed by atoms with Crippen molar-refractivity contribution in [3.63, 3.8) is 0 Å². The van der Waals surface area contributed by atoms with Crippen molar-refractivity contribution in [2.24, 2.45) is 0 Å². The van der Waals surface area contributed by atoms with Crippen molar-refractivity contribution in [2.45, 2.75) is 51.6 Å². The zero-order valence-corrected chi connectivity index (χ0v) is 15.8. The van der Waals surface area contributed by atoms with Gasteiger partial charge in [0, 0.05) is 30.1 Å². The summed E-state index contributed by atoms with van der Waals surface area (Å²) in [4.78, 5) is 15.4. The molecule has 0 aromatic heterocycles. The Morgan fingerprint density at radius 2 is 1.78 bits per heavy atom. The van der Waals surface area contributed by atoms with Gasteiger partial charge in [0.05, 0.1) is 12.4 Å². The smallest absolute Gasteiger partial charge is 0.230 e. The number of nitrogens with zero attached hydrogens (tertiary/aromatic N) is 1. The van der Waals surface area contributed by atoms with Crippen LogP contribution in [0, 0.1) is 0 Å². The maximum absolute atomic E-state index is 11.9. The molecule has 0 bridgehead atoms. The van der Waals surface area contributed by atoms with Crippen LogP contribution in [0.3, 0.4) is 0 Å². The predicted molar refractivity (Wildman–Crippen MR) is 98.3 cm³/mol. The Morgan fingerprint density at radius 1 is 1.17 bits per heavy atom. The largest absolute Gasteiger partial charge is 0.494 e. The summed E-state index contributed by atoms with van der Waals surface area (Å²) in [5.74, 6) is 1.39. The van der Waals surface area contributed by atoms with E-state index in [1.807, 2.05) is 31.2 Å². The van der Waals surface area contributed by atoms with Crippen LogP contribution in [-0.4, -0.2) is 48.3 Å². The number of hydrogen-bond acceptors (Lipinski definition) is 4. The number of carbonyl (C=O) groups excluding carboxylic acids is 1. The monoisotopic (exact) mass is 338 g/mol. The fourth-order valence-electron chi connectivity index (χ4n) is 2.44. The molecule has 0 fully saturated rings. The minimum absolute atomic E-state index is 0.0800. The summed E-state index contributed by atoms with van der Waals surface area (Å²) in [7, 11) is 0. The molecule has 4 nitrogen and oxygen atoms in total. The van der Waals surface area contributed by atoms with Crippen LogP contribution in [0.2, 0.25) is 0 Å². The van der Waals surface area contributed by atoms with Gasteiger partial charge in [0.15, 0.2) is 0 Å². The number of nitrogens with one attached hydrogen (secondary N) is 1. The Balaban J connectivity index is 2.28. The molecule has 0 aliphatic rings. The molecule has 0 aliphatic heterocycles. The first-order valence-electron chi connectivity index (χ1n) is 8.32. The third-order valence-electron chi connectivity index (χ3n) is 3.52. The zero-order valence-electron chi connectivity index (χ0n) is 15.0. The van der Waals surface area contributed by atoms with Crippen LogP contribution in [0.4, 0.5) is 0 Å². The number of hydrogen-bond donors (Lipinski definition) is 1. The summed E-state index contributed by atoms with van der Waals surface area (Å²) in [5, 5.41) is 3.00. The molecule has 0 saturated heterocycles. The Kier molecular flexibility index (Phi) is 9.10. The topological polar surface area (TPSA) is 41.6 Å². The second-order valence-corrected chi connectivity index (χ2v) is 7.02. The normalized spacial score (nSPS) is 11.3. The highest BCUT2D eigenvalue weighted by Crippen LogP contribution is 2.21. The lowest BCUT2D eigenvalue weighted by Crippen LogP contribution is -2.42. The molecule has 1 aromatic carbocycles. The van der Waals surface area contributed by atoms with Crippen LogP contribution < -0.4 is 10.1 Å². The maximum Gasteiger partial charge on any atom is 0.230 e. The summed E-state index contributed by atoms with van der Waals surface area (Å²) in [6, 6.07) is 8.83. The van der Waals surface area contributed by atoms with Crippen LogP contribution in [0.25, 0.3) is 0 Å². The van der Waals surface area contributed by atoms with Crippen molar-refractivity contribution in [2.75, 3.05) is 25.4 Å². The van der Waals surface area contributed by atoms with Gasteiger partial charge in [0.25, 0.3) is 0 Å². The van der Waals surface area contributed by atoms with E-state index in [9.17, 15) is 4.79 Å². The summed E-state index contributed by atoms with van der Waals surface area (Å²) < 4.78 is 5.41. The lowest BCUT2D eigenvalue weighted by Gasteiger charge is -2.30. The number of carbonyl (C=O) groups is 1. The van der Waals surface area contributed by atoms with E-state index in [2.05, 4.69) is 37.9 Å². The van der Waals surface area contributed by atoms with E-state index >= 15 is 0 Å². The van der Waals surface area contributed by atoms with Crippen LogP contribution in [0.15, 0.2) is 29.2 Å². The SMILES string of the molecule is CCOc1ccc(SCC(=O)NCCN(C(C)C)C(C)C)cc1. The standard InChI is InChI=1S/C18H30N2O2S/c1-6-22-16-7-9-17(10-8-16)23-13-18(21)19-11-12-20(14(2)3)15(4)5/h7-10,14-15H,6,11-13H2,1-5H3,(H,19,21). The molecule has 5 heteroatoms. The maximum atomic E-state index is 11.9. The molecule has 1 amide bonds. The van der Waals surface area contributed by atoms with E-state index in [0.717, 1.165) is 17.2 Å². The fourth-order valence-corrected chi connectivity index (χ4v) is 3.16. The second kappa shape index (κ2) is 10.6. The highest BCUT2D eigenvalue weighted by molar-refractivity contribution is 8.00. The van der Waals surface area contributed by atoms with Crippen molar-refractivity contribution in [1.29, 1.82) is 0 Å². The minimum atomic E-state index is 0.0800. The third kappa shape index (κ3) is 7.75. The van der Waals surface area contributed by atoms with Gasteiger partial charge in [0.1, 0.15) is 5.75 Å². The molecule has 0 aliphatic carbocycles. The molecule has 0 radical (unpaired) electrons. The van der Waals surface area contributed by atoms with E-state index in [0.29, 0.717) is 31.0 Å². The van der Waals surface area contributed by atoms with Crippen molar-refractivity contribution in [1.82, 2.24) is 10.2 Å². The van der Waals surface area contributed by atoms with Gasteiger partial charge in [-0.1, -0.05) is 0 Å². The van der Waals surface area contributed by atoms with Crippen LogP contribution >= 0.6 is 11.8 Å². The molecule has 0 unspecified atom stereocenters. The van der Waals surface area contributed by atoms with Gasteiger partial charge < -0.3 is 10.1 Å². The fraction of sp³-hybridized carbons (Fsp3) is 0.611. The van der Waals surface area contributed by atoms with E-state index in [-0.39, 0.29) is 5.91 Å². The van der Waals surface area contributed by atoms with E-state index in [1.54, 1.807) is 11.8 Å². The molecule has 0 saturated carbocycles. The summed E-state index contributed by atoms with van der Waals surface area (Å²) in [6.07, 6.45) is 0. The number of amides is 1. The molecule has 1 N–H and O–H groups in total. The number of rotatable bonds is 10. The highest BCUT2D eigenvalue weighted by atomic mass is 32.2. The molecular weight excluding hydrogens is 308 g/mol. The molecule has 0 heterocycles. The van der Waals surface area contributed by atoms with Gasteiger partial charge in [-0.15, -0.1) is 11.8 Å². The van der Waals surface area contributed by atoms with Crippen LogP contribution in [0.5, 0.6) is 5.75 Å². The second-order valence-electron chi connectivity index (χ2n) is 5.97. The summed E-state index contributed by atoms with van der Waals surface area (Å²) in [6.45, 7) is 12.9. The van der Waals surface area contributed by atoms with Crippen molar-refractivity contribution < 1.29 is 9.53 Å². The van der Waals surface area contributed by atoms with Gasteiger partial charge >= 0.3 is 0 Å². The van der Waals surface area contributed by atoms with E-state index in [1.165, 1.54) is 0 Å². The average Bonchev–Trinajstić information content (AvgIpc) is 2.50. The average molecular weight is 339 g/mol. The molecule has 0 spiro atoms. The van der Waals surface area contributed by atoms with Gasteiger partial charge in [-0.05, 0) is 58.9 Å². The Hall–Kier alpha value is -1.20. The van der Waals surface area contributed by atoms with Gasteiger partial charge in [-0.3, -0.25) is 9.69 Å². The van der Waals surface area contributed by atoms with Gasteiger partial charge in [-0.25, -0.2) is 0 Å². The van der Waals surface area contributed by atoms with Gasteiger partial charge in [0.2, 0.25) is 5.91 Å². The molecular formula is C18H30N2O2S.